The molecule has 0 bridgehead atoms. The van der Waals surface area contributed by atoms with E-state index in [2.05, 4.69) is 25.0 Å². The zero-order chi connectivity index (χ0) is 19.6. The van der Waals surface area contributed by atoms with Gasteiger partial charge in [-0.2, -0.15) is 5.10 Å². The van der Waals surface area contributed by atoms with Crippen LogP contribution in [0.4, 0.5) is 0 Å². The Morgan fingerprint density at radius 1 is 1.30 bits per heavy atom. The molecule has 0 unspecified atom stereocenters. The predicted octanol–water partition coefficient (Wildman–Crippen LogP) is 4.26. The molecule has 1 amide bonds. The summed E-state index contributed by atoms with van der Waals surface area (Å²) in [6, 6.07) is 7.97. The van der Waals surface area contributed by atoms with Gasteiger partial charge in [-0.1, -0.05) is 12.1 Å². The molecule has 3 rings (SSSR count). The molecule has 0 radical (unpaired) electrons. The molecular weight excluding hydrogens is 358 g/mol. The molecule has 6 heteroatoms. The largest absolute Gasteiger partial charge is 0.489 e. The number of aryl methyl sites for hydroxylation is 2. The van der Waals surface area contributed by atoms with Gasteiger partial charge in [0.2, 0.25) is 0 Å². The van der Waals surface area contributed by atoms with E-state index in [4.69, 9.17) is 4.74 Å². The van der Waals surface area contributed by atoms with Gasteiger partial charge in [0.15, 0.2) is 0 Å². The number of benzene rings is 1. The average molecular weight is 384 g/mol. The summed E-state index contributed by atoms with van der Waals surface area (Å²) >= 11 is 1.46. The fourth-order valence-corrected chi connectivity index (χ4v) is 3.71. The van der Waals surface area contributed by atoms with Crippen LogP contribution in [0.25, 0.3) is 0 Å². The molecule has 0 saturated carbocycles. The predicted molar refractivity (Wildman–Crippen MR) is 108 cm³/mol. The van der Waals surface area contributed by atoms with Crippen LogP contribution in [0.2, 0.25) is 0 Å². The smallest absolute Gasteiger partial charge is 0.263 e. The number of thiophene rings is 1. The van der Waals surface area contributed by atoms with Gasteiger partial charge in [0, 0.05) is 37.5 Å². The van der Waals surface area contributed by atoms with Gasteiger partial charge < -0.3 is 9.64 Å². The molecule has 1 aromatic carbocycles. The van der Waals surface area contributed by atoms with Crippen LogP contribution in [0.3, 0.4) is 0 Å². The molecular formula is C21H25N3O2S. The van der Waals surface area contributed by atoms with Crippen molar-refractivity contribution >= 4 is 17.2 Å². The molecule has 2 aromatic heterocycles. The second-order valence-electron chi connectivity index (χ2n) is 6.85. The van der Waals surface area contributed by atoms with Gasteiger partial charge >= 0.3 is 0 Å². The maximum atomic E-state index is 12.7. The van der Waals surface area contributed by atoms with Crippen molar-refractivity contribution < 1.29 is 9.53 Å². The average Bonchev–Trinajstić information content (AvgIpc) is 3.24. The quantitative estimate of drug-likeness (QED) is 0.639. The van der Waals surface area contributed by atoms with Crippen LogP contribution >= 0.6 is 11.3 Å². The molecule has 5 nitrogen and oxygen atoms in total. The molecule has 0 aliphatic rings. The molecule has 3 aromatic rings. The maximum Gasteiger partial charge on any atom is 0.263 e. The molecule has 0 fully saturated rings. The Hall–Kier alpha value is -2.60. The van der Waals surface area contributed by atoms with E-state index in [1.54, 1.807) is 4.90 Å². The third-order valence-corrected chi connectivity index (χ3v) is 5.87. The molecule has 0 spiro atoms. The first-order valence-electron chi connectivity index (χ1n) is 8.86. The number of aromatic nitrogens is 2. The minimum atomic E-state index is 0.0150. The Balaban J connectivity index is 1.63. The zero-order valence-corrected chi connectivity index (χ0v) is 17.3. The van der Waals surface area contributed by atoms with Crippen molar-refractivity contribution in [1.82, 2.24) is 14.7 Å². The van der Waals surface area contributed by atoms with E-state index in [0.29, 0.717) is 13.2 Å². The van der Waals surface area contributed by atoms with Crippen molar-refractivity contribution in [3.05, 3.63) is 68.7 Å². The van der Waals surface area contributed by atoms with Gasteiger partial charge in [0.1, 0.15) is 12.4 Å². The number of ether oxygens (including phenoxy) is 1. The molecule has 0 aliphatic heterocycles. The minimum absolute atomic E-state index is 0.0150. The third-order valence-electron chi connectivity index (χ3n) is 4.90. The van der Waals surface area contributed by atoms with E-state index in [1.165, 1.54) is 16.9 Å². The Morgan fingerprint density at radius 3 is 2.78 bits per heavy atom. The maximum absolute atomic E-state index is 12.7. The summed E-state index contributed by atoms with van der Waals surface area (Å²) in [5.41, 5.74) is 5.50. The summed E-state index contributed by atoms with van der Waals surface area (Å²) < 4.78 is 7.76. The number of carbonyl (C=O) groups is 1. The second-order valence-corrected chi connectivity index (χ2v) is 7.76. The van der Waals surface area contributed by atoms with E-state index in [-0.39, 0.29) is 5.91 Å². The fourth-order valence-electron chi connectivity index (χ4n) is 2.82. The molecule has 142 valence electrons. The van der Waals surface area contributed by atoms with Gasteiger partial charge in [0.05, 0.1) is 11.1 Å². The standard InChI is InChI=1S/C21H25N3O2S/c1-14-7-6-8-19(15(14)2)26-12-17-9-20(27-13-17)21(25)23(4)11-18-10-22-24(5)16(18)3/h6-10,13H,11-12H2,1-5H3. The lowest BCUT2D eigenvalue weighted by molar-refractivity contribution is 0.0789. The number of carbonyl (C=O) groups excluding carboxylic acids is 1. The Kier molecular flexibility index (Phi) is 5.65. The molecule has 2 heterocycles. The van der Waals surface area contributed by atoms with Crippen LogP contribution in [0.1, 0.15) is 37.6 Å². The summed E-state index contributed by atoms with van der Waals surface area (Å²) in [6.07, 6.45) is 1.82. The van der Waals surface area contributed by atoms with E-state index < -0.39 is 0 Å². The number of rotatable bonds is 6. The third kappa shape index (κ3) is 4.22. The Bertz CT molecular complexity index is 958. The van der Waals surface area contributed by atoms with Crippen LogP contribution in [-0.4, -0.2) is 27.6 Å². The van der Waals surface area contributed by atoms with Gasteiger partial charge in [-0.25, -0.2) is 0 Å². The first-order chi connectivity index (χ1) is 12.9. The van der Waals surface area contributed by atoms with Crippen molar-refractivity contribution in [3.63, 3.8) is 0 Å². The number of hydrogen-bond donors (Lipinski definition) is 0. The first kappa shape index (κ1) is 19.2. The van der Waals surface area contributed by atoms with Crippen LogP contribution in [0.5, 0.6) is 5.75 Å². The monoisotopic (exact) mass is 383 g/mol. The molecule has 0 N–H and O–H groups in total. The summed E-state index contributed by atoms with van der Waals surface area (Å²) in [5, 5.41) is 6.22. The van der Waals surface area contributed by atoms with Crippen molar-refractivity contribution in [2.45, 2.75) is 33.9 Å². The van der Waals surface area contributed by atoms with Crippen molar-refractivity contribution in [1.29, 1.82) is 0 Å². The molecule has 0 atom stereocenters. The molecule has 27 heavy (non-hydrogen) atoms. The normalized spacial score (nSPS) is 10.9. The minimum Gasteiger partial charge on any atom is -0.489 e. The molecule has 0 saturated heterocycles. The number of hydrogen-bond acceptors (Lipinski definition) is 4. The Morgan fingerprint density at radius 2 is 2.07 bits per heavy atom. The van der Waals surface area contributed by atoms with Gasteiger partial charge in [-0.3, -0.25) is 9.48 Å². The van der Waals surface area contributed by atoms with Crippen molar-refractivity contribution in [2.24, 2.45) is 7.05 Å². The van der Waals surface area contributed by atoms with Crippen LogP contribution in [0, 0.1) is 20.8 Å². The highest BCUT2D eigenvalue weighted by atomic mass is 32.1. The van der Waals surface area contributed by atoms with Crippen LogP contribution in [-0.2, 0) is 20.2 Å². The highest BCUT2D eigenvalue weighted by Crippen LogP contribution is 2.23. The van der Waals surface area contributed by atoms with E-state index in [0.717, 1.165) is 33.0 Å². The van der Waals surface area contributed by atoms with Crippen molar-refractivity contribution in [3.8, 4) is 5.75 Å². The van der Waals surface area contributed by atoms with E-state index in [9.17, 15) is 4.79 Å². The topological polar surface area (TPSA) is 47.4 Å². The Labute approximate surface area is 164 Å². The van der Waals surface area contributed by atoms with E-state index >= 15 is 0 Å². The van der Waals surface area contributed by atoms with Crippen LogP contribution in [0.15, 0.2) is 35.8 Å². The molecule has 0 aliphatic carbocycles. The summed E-state index contributed by atoms with van der Waals surface area (Å²) in [5.74, 6) is 0.902. The van der Waals surface area contributed by atoms with Gasteiger partial charge in [0.25, 0.3) is 5.91 Å². The summed E-state index contributed by atoms with van der Waals surface area (Å²) in [4.78, 5) is 15.2. The highest BCUT2D eigenvalue weighted by Gasteiger charge is 2.16. The SMILES string of the molecule is Cc1cccc(OCc2csc(C(=O)N(C)Cc3cnn(C)c3C)c2)c1C. The summed E-state index contributed by atoms with van der Waals surface area (Å²) in [6.45, 7) is 7.14. The number of amides is 1. The van der Waals surface area contributed by atoms with E-state index in [1.807, 2.05) is 55.5 Å². The van der Waals surface area contributed by atoms with Crippen molar-refractivity contribution in [2.75, 3.05) is 7.05 Å². The highest BCUT2D eigenvalue weighted by molar-refractivity contribution is 7.12. The fraction of sp³-hybridized carbons (Fsp3) is 0.333. The lowest BCUT2D eigenvalue weighted by atomic mass is 10.1. The summed E-state index contributed by atoms with van der Waals surface area (Å²) in [7, 11) is 3.73. The first-order valence-corrected chi connectivity index (χ1v) is 9.74. The zero-order valence-electron chi connectivity index (χ0n) is 16.4. The lowest BCUT2D eigenvalue weighted by Crippen LogP contribution is -2.25. The van der Waals surface area contributed by atoms with Gasteiger partial charge in [-0.15, -0.1) is 11.3 Å². The number of nitrogens with zero attached hydrogens (tertiary/aromatic N) is 3. The lowest BCUT2D eigenvalue weighted by Gasteiger charge is -2.16. The van der Waals surface area contributed by atoms with Gasteiger partial charge in [-0.05, 0) is 49.4 Å². The second kappa shape index (κ2) is 7.96. The van der Waals surface area contributed by atoms with Crippen LogP contribution < -0.4 is 4.74 Å².